The first kappa shape index (κ1) is 16.6. The lowest BCUT2D eigenvalue weighted by atomic mass is 9.91. The number of benzene rings is 1. The van der Waals surface area contributed by atoms with Gasteiger partial charge in [-0.1, -0.05) is 12.8 Å². The van der Waals surface area contributed by atoms with Crippen molar-refractivity contribution in [2.45, 2.75) is 31.9 Å². The van der Waals surface area contributed by atoms with Crippen molar-refractivity contribution < 1.29 is 27.4 Å². The number of hydrogen-bond donors (Lipinski definition) is 0. The Morgan fingerprint density at radius 1 is 1.23 bits per heavy atom. The maximum Gasteiger partial charge on any atom is 0.416 e. The number of esters is 1. The Morgan fingerprint density at radius 2 is 1.82 bits per heavy atom. The molecular weight excluding hydrogens is 297 g/mol. The molecule has 3 nitrogen and oxygen atoms in total. The van der Waals surface area contributed by atoms with Crippen LogP contribution in [-0.4, -0.2) is 19.7 Å². The molecule has 0 N–H and O–H groups in total. The van der Waals surface area contributed by atoms with Gasteiger partial charge in [0.05, 0.1) is 18.6 Å². The highest BCUT2D eigenvalue weighted by molar-refractivity contribution is 5.72. The second kappa shape index (κ2) is 7.03. The molecule has 1 unspecified atom stereocenters. The van der Waals surface area contributed by atoms with Crippen LogP contribution in [0.3, 0.4) is 0 Å². The van der Waals surface area contributed by atoms with Crippen molar-refractivity contribution in [1.82, 2.24) is 0 Å². The summed E-state index contributed by atoms with van der Waals surface area (Å²) in [6.45, 7) is 0.128. The summed E-state index contributed by atoms with van der Waals surface area (Å²) in [5, 5.41) is 0. The van der Waals surface area contributed by atoms with Gasteiger partial charge in [0.15, 0.2) is 0 Å². The molecule has 1 aliphatic rings. The molecule has 0 aliphatic heterocycles. The molecule has 1 aromatic carbocycles. The number of carbonyl (C=O) groups is 1. The number of halogens is 3. The molecule has 0 heterocycles. The first-order valence-corrected chi connectivity index (χ1v) is 7.29. The number of carbonyl (C=O) groups excluding carboxylic acids is 1. The number of rotatable bonds is 5. The highest BCUT2D eigenvalue weighted by Crippen LogP contribution is 2.33. The van der Waals surface area contributed by atoms with Crippen LogP contribution in [0.4, 0.5) is 13.2 Å². The Balaban J connectivity index is 1.98. The third-order valence-corrected chi connectivity index (χ3v) is 4.08. The Morgan fingerprint density at radius 3 is 2.32 bits per heavy atom. The number of hydrogen-bond acceptors (Lipinski definition) is 3. The van der Waals surface area contributed by atoms with Crippen LogP contribution in [0.1, 0.15) is 31.2 Å². The number of ether oxygens (including phenoxy) is 2. The van der Waals surface area contributed by atoms with Crippen molar-refractivity contribution in [1.29, 1.82) is 0 Å². The van der Waals surface area contributed by atoms with Gasteiger partial charge in [-0.25, -0.2) is 0 Å². The van der Waals surface area contributed by atoms with Gasteiger partial charge in [0, 0.05) is 0 Å². The molecule has 0 aromatic heterocycles. The van der Waals surface area contributed by atoms with Crippen LogP contribution in [0.5, 0.6) is 5.75 Å². The zero-order valence-corrected chi connectivity index (χ0v) is 12.4. The van der Waals surface area contributed by atoms with E-state index >= 15 is 0 Å². The average molecular weight is 316 g/mol. The monoisotopic (exact) mass is 316 g/mol. The summed E-state index contributed by atoms with van der Waals surface area (Å²) in [6.07, 6.45) is -0.292. The number of alkyl halides is 3. The van der Waals surface area contributed by atoms with Crippen LogP contribution < -0.4 is 4.74 Å². The molecule has 2 rings (SSSR count). The molecule has 1 aliphatic carbocycles. The van der Waals surface area contributed by atoms with Gasteiger partial charge >= 0.3 is 12.1 Å². The molecule has 122 valence electrons. The van der Waals surface area contributed by atoms with E-state index in [9.17, 15) is 18.0 Å². The van der Waals surface area contributed by atoms with Crippen LogP contribution in [0, 0.1) is 11.8 Å². The second-order valence-electron chi connectivity index (χ2n) is 5.51. The molecular formula is C16H19F3O3. The summed E-state index contributed by atoms with van der Waals surface area (Å²) in [5.41, 5.74) is -0.722. The summed E-state index contributed by atoms with van der Waals surface area (Å²) < 4.78 is 47.8. The lowest BCUT2D eigenvalue weighted by Crippen LogP contribution is -2.29. The van der Waals surface area contributed by atoms with Gasteiger partial charge in [0.25, 0.3) is 0 Å². The molecule has 0 saturated heterocycles. The van der Waals surface area contributed by atoms with Crippen molar-refractivity contribution in [3.05, 3.63) is 29.8 Å². The standard InChI is InChI=1S/C16H19F3O3/c1-21-15(20)14(11-4-2-3-5-11)10-22-13-8-6-12(7-9-13)16(17,18)19/h6-9,11,14H,2-5,10H2,1H3. The van der Waals surface area contributed by atoms with Crippen LogP contribution in [0.2, 0.25) is 0 Å². The molecule has 1 atom stereocenters. The minimum absolute atomic E-state index is 0.128. The Hall–Kier alpha value is -1.72. The fourth-order valence-corrected chi connectivity index (χ4v) is 2.83. The minimum atomic E-state index is -4.36. The maximum atomic E-state index is 12.5. The first-order chi connectivity index (χ1) is 10.4. The van der Waals surface area contributed by atoms with Gasteiger partial charge in [-0.2, -0.15) is 13.2 Å². The molecule has 22 heavy (non-hydrogen) atoms. The van der Waals surface area contributed by atoms with E-state index in [0.717, 1.165) is 37.8 Å². The predicted octanol–water partition coefficient (Wildman–Crippen LogP) is 4.06. The normalized spacial score (nSPS) is 17.3. The van der Waals surface area contributed by atoms with Gasteiger partial charge in [0.2, 0.25) is 0 Å². The zero-order chi connectivity index (χ0) is 16.2. The highest BCUT2D eigenvalue weighted by atomic mass is 19.4. The molecule has 1 saturated carbocycles. The average Bonchev–Trinajstić information content (AvgIpc) is 3.01. The second-order valence-corrected chi connectivity index (χ2v) is 5.51. The molecule has 0 radical (unpaired) electrons. The molecule has 6 heteroatoms. The molecule has 1 fully saturated rings. The molecule has 1 aromatic rings. The summed E-state index contributed by atoms with van der Waals surface area (Å²) in [5.74, 6) is -0.143. The third-order valence-electron chi connectivity index (χ3n) is 4.08. The van der Waals surface area contributed by atoms with Gasteiger partial charge in [-0.3, -0.25) is 4.79 Å². The Bertz CT molecular complexity index is 490. The van der Waals surface area contributed by atoms with Crippen LogP contribution in [0.15, 0.2) is 24.3 Å². The van der Waals surface area contributed by atoms with Crippen molar-refractivity contribution in [2.75, 3.05) is 13.7 Å². The SMILES string of the molecule is COC(=O)C(COc1ccc(C(F)(F)F)cc1)C1CCCC1. The van der Waals surface area contributed by atoms with E-state index < -0.39 is 11.7 Å². The smallest absolute Gasteiger partial charge is 0.416 e. The fraction of sp³-hybridized carbons (Fsp3) is 0.562. The Labute approximate surface area is 127 Å². The predicted molar refractivity (Wildman–Crippen MR) is 74.4 cm³/mol. The Kier molecular flexibility index (Phi) is 5.32. The zero-order valence-electron chi connectivity index (χ0n) is 12.4. The molecule has 0 spiro atoms. The van der Waals surface area contributed by atoms with Gasteiger partial charge in [-0.15, -0.1) is 0 Å². The first-order valence-electron chi connectivity index (χ1n) is 7.29. The van der Waals surface area contributed by atoms with E-state index in [2.05, 4.69) is 0 Å². The van der Waals surface area contributed by atoms with Crippen molar-refractivity contribution in [2.24, 2.45) is 11.8 Å². The van der Waals surface area contributed by atoms with E-state index in [0.29, 0.717) is 5.75 Å². The molecule has 0 bridgehead atoms. The van der Waals surface area contributed by atoms with Gasteiger partial charge in [-0.05, 0) is 43.0 Å². The van der Waals surface area contributed by atoms with E-state index in [4.69, 9.17) is 9.47 Å². The maximum absolute atomic E-state index is 12.5. The summed E-state index contributed by atoms with van der Waals surface area (Å²) >= 11 is 0. The minimum Gasteiger partial charge on any atom is -0.493 e. The van der Waals surface area contributed by atoms with Crippen molar-refractivity contribution in [3.63, 3.8) is 0 Å². The topological polar surface area (TPSA) is 35.5 Å². The van der Waals surface area contributed by atoms with Gasteiger partial charge < -0.3 is 9.47 Å². The van der Waals surface area contributed by atoms with Crippen LogP contribution in [-0.2, 0) is 15.7 Å². The van der Waals surface area contributed by atoms with E-state index in [1.165, 1.54) is 19.2 Å². The number of methoxy groups -OCH3 is 1. The van der Waals surface area contributed by atoms with Crippen molar-refractivity contribution >= 4 is 5.97 Å². The lowest BCUT2D eigenvalue weighted by Gasteiger charge is -2.21. The van der Waals surface area contributed by atoms with E-state index in [1.807, 2.05) is 0 Å². The molecule has 0 amide bonds. The van der Waals surface area contributed by atoms with E-state index in [1.54, 1.807) is 0 Å². The summed E-state index contributed by atoms with van der Waals surface area (Å²) in [6, 6.07) is 4.48. The fourth-order valence-electron chi connectivity index (χ4n) is 2.83. The third kappa shape index (κ3) is 4.15. The van der Waals surface area contributed by atoms with Crippen LogP contribution in [0.25, 0.3) is 0 Å². The lowest BCUT2D eigenvalue weighted by molar-refractivity contribution is -0.148. The van der Waals surface area contributed by atoms with E-state index in [-0.39, 0.29) is 24.4 Å². The highest BCUT2D eigenvalue weighted by Gasteiger charge is 2.32. The van der Waals surface area contributed by atoms with Crippen LogP contribution >= 0.6 is 0 Å². The quantitative estimate of drug-likeness (QED) is 0.768. The van der Waals surface area contributed by atoms with Gasteiger partial charge in [0.1, 0.15) is 12.4 Å². The largest absolute Gasteiger partial charge is 0.493 e. The summed E-state index contributed by atoms with van der Waals surface area (Å²) in [7, 11) is 1.34. The summed E-state index contributed by atoms with van der Waals surface area (Å²) in [4.78, 5) is 11.9. The van der Waals surface area contributed by atoms with Crippen molar-refractivity contribution in [3.8, 4) is 5.75 Å².